The van der Waals surface area contributed by atoms with Crippen LogP contribution in [0.5, 0.6) is 11.5 Å². The molecule has 1 aliphatic carbocycles. The predicted octanol–water partition coefficient (Wildman–Crippen LogP) is 4.78. The molecule has 3 heterocycles. The molecular weight excluding hydrogens is 558 g/mol. The van der Waals surface area contributed by atoms with Crippen LogP contribution in [0.1, 0.15) is 32.1 Å². The number of carbonyl (C=O) groups is 3. The van der Waals surface area contributed by atoms with Gasteiger partial charge in [-0.1, -0.05) is 0 Å². The molecule has 2 aromatic carbocycles. The van der Waals surface area contributed by atoms with Gasteiger partial charge < -0.3 is 20.3 Å². The number of nitrogens with zero attached hydrogens (tertiary/aromatic N) is 4. The first-order chi connectivity index (χ1) is 20.7. The number of benzene rings is 2. The van der Waals surface area contributed by atoms with Gasteiger partial charge in [0.1, 0.15) is 28.5 Å². The summed E-state index contributed by atoms with van der Waals surface area (Å²) in [5.74, 6) is -2.08. The number of ether oxygens (including phenoxy) is 1. The Hall–Kier alpha value is -4.58. The van der Waals surface area contributed by atoms with Gasteiger partial charge in [-0.05, 0) is 87.7 Å². The van der Waals surface area contributed by atoms with Crippen LogP contribution in [0.3, 0.4) is 0 Å². The van der Waals surface area contributed by atoms with Crippen molar-refractivity contribution < 1.29 is 27.9 Å². The highest BCUT2D eigenvalue weighted by Crippen LogP contribution is 2.49. The van der Waals surface area contributed by atoms with E-state index in [0.29, 0.717) is 30.7 Å². The van der Waals surface area contributed by atoms with Crippen LogP contribution in [0.4, 0.5) is 30.8 Å². The first-order valence-corrected chi connectivity index (χ1v) is 14.4. The van der Waals surface area contributed by atoms with Crippen LogP contribution in [0.2, 0.25) is 0 Å². The molecular formula is C31H32F2N6O4. The molecule has 2 saturated heterocycles. The summed E-state index contributed by atoms with van der Waals surface area (Å²) >= 11 is 0. The smallest absolute Gasteiger partial charge is 0.323 e. The Morgan fingerprint density at radius 3 is 2.26 bits per heavy atom. The number of rotatable bonds is 8. The lowest BCUT2D eigenvalue weighted by atomic mass is 10.00. The topological polar surface area (TPSA) is 121 Å². The lowest BCUT2D eigenvalue weighted by Crippen LogP contribution is -2.51. The van der Waals surface area contributed by atoms with E-state index in [1.165, 1.54) is 42.9 Å². The highest BCUT2D eigenvalue weighted by atomic mass is 19.1. The molecule has 224 valence electrons. The average Bonchev–Trinajstić information content (AvgIpc) is 3.78. The van der Waals surface area contributed by atoms with Crippen molar-refractivity contribution >= 4 is 35.0 Å². The number of primary amides is 1. The van der Waals surface area contributed by atoms with Crippen LogP contribution in [-0.4, -0.2) is 64.9 Å². The molecule has 43 heavy (non-hydrogen) atoms. The van der Waals surface area contributed by atoms with E-state index in [-0.39, 0.29) is 36.0 Å². The number of amides is 4. The lowest BCUT2D eigenvalue weighted by molar-refractivity contribution is -0.133. The maximum Gasteiger partial charge on any atom is 0.323 e. The van der Waals surface area contributed by atoms with Gasteiger partial charge in [-0.15, -0.1) is 0 Å². The normalized spacial score (nSPS) is 18.0. The summed E-state index contributed by atoms with van der Waals surface area (Å²) < 4.78 is 35.0. The molecule has 6 rings (SSSR count). The SMILES string of the molecule is NC(=O)C1(C(=O)N(c2ccc(F)cc2)c2ccc(Oc3ccnc(NC(=O)N4CCC(N5CCC5)CC4)c3)cc2F)CC1. The number of hydrogen-bond acceptors (Lipinski definition) is 6. The first kappa shape index (κ1) is 28.5. The number of piperidine rings is 1. The molecule has 3 aliphatic rings. The number of halogens is 2. The van der Waals surface area contributed by atoms with E-state index in [1.54, 1.807) is 11.0 Å². The van der Waals surface area contributed by atoms with E-state index >= 15 is 4.39 Å². The summed E-state index contributed by atoms with van der Waals surface area (Å²) in [7, 11) is 0. The van der Waals surface area contributed by atoms with Crippen molar-refractivity contribution in [3.8, 4) is 11.5 Å². The molecule has 3 aromatic rings. The number of pyridine rings is 1. The molecule has 0 unspecified atom stereocenters. The standard InChI is InChI=1S/C31H32F2N6O4/c32-20-2-4-22(5-3-20)39(29(41)31(11-12-31)28(34)40)26-7-6-23(18-25(26)33)43-24-8-13-35-27(19-24)36-30(42)38-16-9-21(10-17-38)37-14-1-15-37/h2-8,13,18-19,21H,1,9-12,14-17H2,(H2,34,40)(H,35,36,42). The second kappa shape index (κ2) is 11.6. The maximum atomic E-state index is 15.6. The number of likely N-dealkylation sites (tertiary alicyclic amines) is 2. The molecule has 1 saturated carbocycles. The molecule has 0 radical (unpaired) electrons. The van der Waals surface area contributed by atoms with Gasteiger partial charge in [-0.3, -0.25) is 19.8 Å². The summed E-state index contributed by atoms with van der Waals surface area (Å²) in [5.41, 5.74) is 4.12. The summed E-state index contributed by atoms with van der Waals surface area (Å²) in [6.07, 6.45) is 5.10. The molecule has 1 aromatic heterocycles. The minimum Gasteiger partial charge on any atom is -0.457 e. The van der Waals surface area contributed by atoms with Gasteiger partial charge >= 0.3 is 6.03 Å². The van der Waals surface area contributed by atoms with Crippen molar-refractivity contribution in [2.24, 2.45) is 11.1 Å². The molecule has 10 nitrogen and oxygen atoms in total. The zero-order chi connectivity index (χ0) is 30.1. The average molecular weight is 591 g/mol. The van der Waals surface area contributed by atoms with Crippen molar-refractivity contribution in [1.29, 1.82) is 0 Å². The third kappa shape index (κ3) is 5.87. The number of nitrogens with one attached hydrogen (secondary N) is 1. The number of aromatic nitrogens is 1. The van der Waals surface area contributed by atoms with Crippen LogP contribution in [-0.2, 0) is 9.59 Å². The molecule has 2 aliphatic heterocycles. The lowest BCUT2D eigenvalue weighted by Gasteiger charge is -2.42. The number of anilines is 3. The van der Waals surface area contributed by atoms with Crippen LogP contribution in [0.25, 0.3) is 0 Å². The van der Waals surface area contributed by atoms with Crippen LogP contribution >= 0.6 is 0 Å². The number of hydrogen-bond donors (Lipinski definition) is 2. The molecule has 12 heteroatoms. The summed E-state index contributed by atoms with van der Waals surface area (Å²) in [4.78, 5) is 47.9. The fourth-order valence-electron chi connectivity index (χ4n) is 5.60. The Balaban J connectivity index is 1.15. The van der Waals surface area contributed by atoms with Gasteiger partial charge in [-0.2, -0.15) is 0 Å². The number of urea groups is 1. The number of carbonyl (C=O) groups excluding carboxylic acids is 3. The molecule has 0 spiro atoms. The van der Waals surface area contributed by atoms with Crippen molar-refractivity contribution in [3.63, 3.8) is 0 Å². The van der Waals surface area contributed by atoms with Crippen molar-refractivity contribution in [3.05, 3.63) is 72.4 Å². The molecule has 3 fully saturated rings. The Morgan fingerprint density at radius 2 is 1.65 bits per heavy atom. The summed E-state index contributed by atoms with van der Waals surface area (Å²) in [6, 6.07) is 12.3. The van der Waals surface area contributed by atoms with Gasteiger partial charge in [0, 0.05) is 43.1 Å². The third-order valence-corrected chi connectivity index (χ3v) is 8.44. The van der Waals surface area contributed by atoms with Gasteiger partial charge in [0.05, 0.1) is 5.69 Å². The van der Waals surface area contributed by atoms with E-state index in [4.69, 9.17) is 10.5 Å². The van der Waals surface area contributed by atoms with Crippen LogP contribution < -0.4 is 20.7 Å². The van der Waals surface area contributed by atoms with Crippen molar-refractivity contribution in [2.45, 2.75) is 38.1 Å². The molecule has 3 N–H and O–H groups in total. The highest BCUT2D eigenvalue weighted by Gasteiger charge is 2.57. The predicted molar refractivity (Wildman–Crippen MR) is 155 cm³/mol. The first-order valence-electron chi connectivity index (χ1n) is 14.4. The summed E-state index contributed by atoms with van der Waals surface area (Å²) in [5, 5.41) is 2.81. The summed E-state index contributed by atoms with van der Waals surface area (Å²) in [6.45, 7) is 3.63. The van der Waals surface area contributed by atoms with Gasteiger partial charge in [0.25, 0.3) is 0 Å². The fraction of sp³-hybridized carbons (Fsp3) is 0.355. The molecule has 0 atom stereocenters. The zero-order valence-corrected chi connectivity index (χ0v) is 23.5. The Labute approximate surface area is 247 Å². The zero-order valence-electron chi connectivity index (χ0n) is 23.5. The van der Waals surface area contributed by atoms with E-state index in [1.807, 2.05) is 0 Å². The fourth-order valence-corrected chi connectivity index (χ4v) is 5.60. The second-order valence-electron chi connectivity index (χ2n) is 11.2. The maximum absolute atomic E-state index is 15.6. The van der Waals surface area contributed by atoms with Crippen LogP contribution in [0, 0.1) is 17.0 Å². The van der Waals surface area contributed by atoms with Gasteiger partial charge in [-0.25, -0.2) is 18.6 Å². The van der Waals surface area contributed by atoms with E-state index in [2.05, 4.69) is 15.2 Å². The largest absolute Gasteiger partial charge is 0.457 e. The minimum absolute atomic E-state index is 0.125. The van der Waals surface area contributed by atoms with Crippen molar-refractivity contribution in [2.75, 3.05) is 36.4 Å². The van der Waals surface area contributed by atoms with Gasteiger partial charge in [0.15, 0.2) is 5.82 Å². The second-order valence-corrected chi connectivity index (χ2v) is 11.2. The van der Waals surface area contributed by atoms with Gasteiger partial charge in [0.2, 0.25) is 11.8 Å². The quantitative estimate of drug-likeness (QED) is 0.364. The van der Waals surface area contributed by atoms with Crippen LogP contribution in [0.15, 0.2) is 60.8 Å². The monoisotopic (exact) mass is 590 g/mol. The van der Waals surface area contributed by atoms with E-state index < -0.39 is 28.9 Å². The van der Waals surface area contributed by atoms with E-state index in [0.717, 1.165) is 49.0 Å². The Bertz CT molecular complexity index is 1540. The minimum atomic E-state index is -1.43. The number of nitrogens with two attached hydrogens (primary N) is 1. The molecule has 0 bridgehead atoms. The highest BCUT2D eigenvalue weighted by molar-refractivity contribution is 6.16. The van der Waals surface area contributed by atoms with E-state index in [9.17, 15) is 18.8 Å². The molecule has 4 amide bonds. The third-order valence-electron chi connectivity index (χ3n) is 8.44. The van der Waals surface area contributed by atoms with Crippen molar-refractivity contribution in [1.82, 2.24) is 14.8 Å². The Kier molecular flexibility index (Phi) is 7.70. The Morgan fingerprint density at radius 1 is 0.953 bits per heavy atom.